The predicted octanol–water partition coefficient (Wildman–Crippen LogP) is 10.3. The van der Waals surface area contributed by atoms with Gasteiger partial charge in [-0.3, -0.25) is 15.4 Å². The average Bonchev–Trinajstić information content (AvgIpc) is 4.30. The molecule has 2 aliphatic carbocycles. The molecule has 2 atom stereocenters. The molecule has 2 aromatic heterocycles. The molecule has 10 rings (SSSR count). The Morgan fingerprint density at radius 3 is 1.37 bits per heavy atom. The molecule has 0 saturated heterocycles. The van der Waals surface area contributed by atoms with Crippen LogP contribution in [-0.4, -0.2) is 44.4 Å². The maximum Gasteiger partial charge on any atom is 1.00 e. The molecule has 8 aromatic rings. The largest absolute Gasteiger partial charge is 1.00 e. The Balaban J connectivity index is 0.000000201. The van der Waals surface area contributed by atoms with Crippen LogP contribution in [0.25, 0.3) is 33.6 Å². The van der Waals surface area contributed by atoms with Crippen molar-refractivity contribution in [3.63, 3.8) is 0 Å². The minimum atomic E-state index is -0.604. The van der Waals surface area contributed by atoms with Crippen molar-refractivity contribution >= 4 is 59.6 Å². The van der Waals surface area contributed by atoms with E-state index in [1.165, 1.54) is 29.9 Å². The Kier molecular flexibility index (Phi) is 18.1. The van der Waals surface area contributed by atoms with Gasteiger partial charge in [0.15, 0.2) is 0 Å². The molecule has 0 bridgehead atoms. The molecular weight excluding hydrogens is 979 g/mol. The Labute approximate surface area is 453 Å². The first-order chi connectivity index (χ1) is 35.0. The Hall–Kier alpha value is -7.42. The molecule has 2 aliphatic rings. The van der Waals surface area contributed by atoms with Crippen LogP contribution < -0.4 is 40.2 Å². The second-order valence-corrected chi connectivity index (χ2v) is 17.6. The summed E-state index contributed by atoms with van der Waals surface area (Å²) in [5.41, 5.74) is 9.38. The van der Waals surface area contributed by atoms with Gasteiger partial charge in [0.1, 0.15) is 29.4 Å². The van der Waals surface area contributed by atoms with E-state index in [0.29, 0.717) is 28.2 Å². The maximum atomic E-state index is 12.5. The molecule has 2 fully saturated rings. The Morgan fingerprint density at radius 1 is 0.616 bits per heavy atom. The smallest absolute Gasteiger partial charge is 0.456 e. The van der Waals surface area contributed by atoms with Gasteiger partial charge in [0.25, 0.3) is 6.47 Å². The van der Waals surface area contributed by atoms with Crippen LogP contribution in [0, 0.1) is 5.92 Å². The van der Waals surface area contributed by atoms with Gasteiger partial charge in [-0.15, -0.1) is 12.1 Å². The summed E-state index contributed by atoms with van der Waals surface area (Å²) < 4.78 is 19.6. The van der Waals surface area contributed by atoms with E-state index in [1.807, 2.05) is 97.1 Å². The number of hydrogen-bond donors (Lipinski definition) is 2. The summed E-state index contributed by atoms with van der Waals surface area (Å²) in [4.78, 5) is 52.1. The van der Waals surface area contributed by atoms with Gasteiger partial charge in [0.05, 0.1) is 23.8 Å². The number of benzene rings is 6. The van der Waals surface area contributed by atoms with Crippen molar-refractivity contribution in [1.82, 2.24) is 19.6 Å². The van der Waals surface area contributed by atoms with E-state index in [2.05, 4.69) is 57.2 Å². The molecule has 0 radical (unpaired) electrons. The van der Waals surface area contributed by atoms with Crippen LogP contribution in [0.3, 0.4) is 0 Å². The molecule has 0 spiro atoms. The van der Waals surface area contributed by atoms with Crippen molar-refractivity contribution in [2.45, 2.75) is 57.3 Å². The monoisotopic (exact) mass is 1020 g/mol. The zero-order valence-electron chi connectivity index (χ0n) is 40.0. The number of nitrogens with zero attached hydrogens (tertiary/aromatic N) is 4. The van der Waals surface area contributed by atoms with Crippen molar-refractivity contribution < 1.29 is 67.7 Å². The molecule has 14 nitrogen and oxygen atoms in total. The van der Waals surface area contributed by atoms with Gasteiger partial charge in [-0.1, -0.05) is 121 Å². The van der Waals surface area contributed by atoms with Gasteiger partial charge in [-0.25, -0.2) is 19.0 Å². The number of carbonyl (C=O) groups is 3. The van der Waals surface area contributed by atoms with Gasteiger partial charge < -0.3 is 14.2 Å². The van der Waals surface area contributed by atoms with Crippen LogP contribution in [0.15, 0.2) is 170 Å². The van der Waals surface area contributed by atoms with Crippen molar-refractivity contribution in [2.75, 3.05) is 10.6 Å². The van der Waals surface area contributed by atoms with Crippen LogP contribution in [0.4, 0.5) is 21.2 Å². The molecule has 2 N–H and O–H groups in total. The van der Waals surface area contributed by atoms with Crippen LogP contribution in [0.1, 0.15) is 74.0 Å². The first-order valence-electron chi connectivity index (χ1n) is 22.9. The fourth-order valence-corrected chi connectivity index (χ4v) is 8.60. The van der Waals surface area contributed by atoms with E-state index in [1.54, 1.807) is 59.9 Å². The van der Waals surface area contributed by atoms with Crippen molar-refractivity contribution in [2.24, 2.45) is 0 Å². The molecule has 364 valence electrons. The molecule has 0 aliphatic heterocycles. The summed E-state index contributed by atoms with van der Waals surface area (Å²) in [6.07, 6.45) is 5.46. The van der Waals surface area contributed by atoms with Gasteiger partial charge in [-0.2, -0.15) is 43.4 Å². The second-order valence-electron chi connectivity index (χ2n) is 16.8. The molecule has 0 unspecified atom stereocenters. The normalized spacial score (nSPS) is 13.3. The van der Waals surface area contributed by atoms with Crippen LogP contribution in [-0.2, 0) is 34.2 Å². The standard InChI is InChI=1S/C28H24ClN3O4.C27H23ClN3O2.CO2.Na/c1-19(24-4-2-3-5-25(24)29)36-27(34)31-26-14-17-30-32(26)23-12-8-21(9-13-23)20-6-10-22(11-7-20)28(15-16-28)35-18-33;1-18(24-4-2-3-5-25(24)28)33-27(32)30-26-16-17-29-31(26)23-14-12-22(13-15-23)21-10-8-20(9-11-21)19-6-7-19;2-1-3;/h2-14,17-19H,15-16H2,1H3,(H,31,34);2-5,8-18H,6-7H2,1H3,(H,30,32);;/q;-1;;+1/t19-;18-;;/m11../s1. The van der Waals surface area contributed by atoms with Crippen molar-refractivity contribution in [3.05, 3.63) is 208 Å². The van der Waals surface area contributed by atoms with Crippen molar-refractivity contribution in [3.8, 4) is 33.6 Å². The van der Waals surface area contributed by atoms with Crippen LogP contribution in [0.2, 0.25) is 10.0 Å². The third-order valence-electron chi connectivity index (χ3n) is 12.1. The first-order valence-corrected chi connectivity index (χ1v) is 23.6. The summed E-state index contributed by atoms with van der Waals surface area (Å²) in [5.74, 6) is 2.54. The van der Waals surface area contributed by atoms with Crippen LogP contribution in [0.5, 0.6) is 0 Å². The number of amides is 2. The van der Waals surface area contributed by atoms with Gasteiger partial charge >= 0.3 is 47.9 Å². The molecule has 17 heteroatoms. The topological polar surface area (TPSA) is 173 Å². The zero-order valence-corrected chi connectivity index (χ0v) is 43.5. The van der Waals surface area contributed by atoms with Gasteiger partial charge in [-0.05, 0) is 90.9 Å². The minimum Gasteiger partial charge on any atom is -0.456 e. The summed E-state index contributed by atoms with van der Waals surface area (Å²) in [5, 5.41) is 15.3. The number of aromatic nitrogens is 4. The summed E-state index contributed by atoms with van der Waals surface area (Å²) >= 11 is 12.4. The number of halogens is 2. The zero-order chi connectivity index (χ0) is 50.6. The number of ether oxygens (including phenoxy) is 3. The molecule has 2 saturated carbocycles. The number of nitrogens with one attached hydrogen (secondary N) is 2. The number of hydrogen-bond acceptors (Lipinski definition) is 10. The summed E-state index contributed by atoms with van der Waals surface area (Å²) in [6.45, 7) is 4.08. The third kappa shape index (κ3) is 13.6. The van der Waals surface area contributed by atoms with E-state index < -0.39 is 30.0 Å². The predicted molar refractivity (Wildman–Crippen MR) is 273 cm³/mol. The van der Waals surface area contributed by atoms with Gasteiger partial charge in [0, 0.05) is 33.3 Å². The first kappa shape index (κ1) is 53.4. The second kappa shape index (κ2) is 24.8. The number of anilines is 2. The number of rotatable bonds is 14. The molecule has 2 amide bonds. The van der Waals surface area contributed by atoms with E-state index in [0.717, 1.165) is 57.6 Å². The fourth-order valence-electron chi connectivity index (χ4n) is 8.02. The van der Waals surface area contributed by atoms with E-state index in [-0.39, 0.29) is 35.7 Å². The van der Waals surface area contributed by atoms with E-state index >= 15 is 0 Å². The van der Waals surface area contributed by atoms with E-state index in [4.69, 9.17) is 47.0 Å². The molecule has 6 aromatic carbocycles. The van der Waals surface area contributed by atoms with Crippen LogP contribution >= 0.6 is 23.2 Å². The summed E-state index contributed by atoms with van der Waals surface area (Å²) in [7, 11) is 0. The fraction of sp³-hybridized carbons (Fsp3) is 0.161. The minimum absolute atomic E-state index is 0. The number of carbonyl (C=O) groups excluding carboxylic acids is 5. The molecular formula is C56H47Cl2N6NaO8. The van der Waals surface area contributed by atoms with Crippen molar-refractivity contribution in [1.29, 1.82) is 0 Å². The van der Waals surface area contributed by atoms with E-state index in [9.17, 15) is 14.4 Å². The van der Waals surface area contributed by atoms with Gasteiger partial charge in [0.2, 0.25) is 0 Å². The molecule has 2 heterocycles. The maximum absolute atomic E-state index is 12.5. The third-order valence-corrected chi connectivity index (χ3v) is 12.8. The Morgan fingerprint density at radius 2 is 1.00 bits per heavy atom. The summed E-state index contributed by atoms with van der Waals surface area (Å²) in [6, 6.07) is 50.6. The molecule has 73 heavy (non-hydrogen) atoms. The average molecular weight is 1030 g/mol. The quantitative estimate of drug-likeness (QED) is 0.0462. The Bertz CT molecular complexity index is 3170. The SMILES string of the molecule is C[C@@H](OC(=O)Nc1ccnn1-c1ccc(-c2ccc(C3(OC=O)CC3)cc2)cc1)c1ccccc1Cl.C[C@@H](OC(=O)Nc1ccnn1-c1ccc(-c2ccc([C-]3CC3)cc2)cc1)c1ccccc1Cl.O=C=O.[Na+].